The van der Waals surface area contributed by atoms with E-state index in [1.54, 1.807) is 6.33 Å². The van der Waals surface area contributed by atoms with E-state index in [0.29, 0.717) is 11.4 Å². The van der Waals surface area contributed by atoms with Crippen molar-refractivity contribution in [2.75, 3.05) is 5.32 Å². The molecule has 4 aromatic rings. The highest BCUT2D eigenvalue weighted by Gasteiger charge is 2.11. The first-order chi connectivity index (χ1) is 16.1. The average Bonchev–Trinajstić information content (AvgIpc) is 2.84. The molecule has 0 radical (unpaired) electrons. The third kappa shape index (κ3) is 6.26. The number of nitrogens with zero attached hydrogens (tertiary/aromatic N) is 2. The molecule has 0 aliphatic heterocycles. The Morgan fingerprint density at radius 3 is 2.48 bits per heavy atom. The molecule has 2 N–H and O–H groups in total. The number of benzene rings is 3. The number of aromatic nitrogens is 2. The number of carbonyl (C=O) groups excluding carboxylic acids is 1. The van der Waals surface area contributed by atoms with E-state index >= 15 is 0 Å². The van der Waals surface area contributed by atoms with Crippen LogP contribution in [0.1, 0.15) is 34.8 Å². The standard InChI is InChI=1S/C28H28N4O/c1-20-11-15-23(16-12-20)26-18-27(30-19-29-26)32-25-10-6-9-24(17-25)28(33)31-21(2)13-14-22-7-4-3-5-8-22/h3-12,15-19,21H,13-14H2,1-2H3,(H,31,33)(H,29,30,32). The van der Waals surface area contributed by atoms with Gasteiger partial charge in [-0.1, -0.05) is 66.2 Å². The SMILES string of the molecule is Cc1ccc(-c2cc(Nc3cccc(C(=O)NC(C)CCc4ccccc4)c3)ncn2)cc1. The molecule has 0 aliphatic carbocycles. The summed E-state index contributed by atoms with van der Waals surface area (Å²) < 4.78 is 0. The summed E-state index contributed by atoms with van der Waals surface area (Å²) in [7, 11) is 0. The number of rotatable bonds is 8. The second kappa shape index (κ2) is 10.6. The highest BCUT2D eigenvalue weighted by atomic mass is 16.1. The Morgan fingerprint density at radius 2 is 1.70 bits per heavy atom. The highest BCUT2D eigenvalue weighted by Crippen LogP contribution is 2.22. The van der Waals surface area contributed by atoms with Crippen molar-refractivity contribution in [1.82, 2.24) is 15.3 Å². The van der Waals surface area contributed by atoms with Crippen LogP contribution >= 0.6 is 0 Å². The lowest BCUT2D eigenvalue weighted by molar-refractivity contribution is 0.0938. The van der Waals surface area contributed by atoms with E-state index in [1.807, 2.05) is 67.6 Å². The molecule has 166 valence electrons. The van der Waals surface area contributed by atoms with Crippen molar-refractivity contribution in [3.05, 3.63) is 108 Å². The Morgan fingerprint density at radius 1 is 0.909 bits per heavy atom. The number of amides is 1. The van der Waals surface area contributed by atoms with Gasteiger partial charge in [0.15, 0.2) is 0 Å². The maximum atomic E-state index is 12.8. The Kier molecular flexibility index (Phi) is 7.10. The van der Waals surface area contributed by atoms with Gasteiger partial charge in [0.05, 0.1) is 5.69 Å². The smallest absolute Gasteiger partial charge is 0.251 e. The zero-order chi connectivity index (χ0) is 23.0. The van der Waals surface area contributed by atoms with E-state index in [1.165, 1.54) is 11.1 Å². The van der Waals surface area contributed by atoms with Gasteiger partial charge in [0.1, 0.15) is 12.1 Å². The molecule has 5 nitrogen and oxygen atoms in total. The maximum Gasteiger partial charge on any atom is 0.251 e. The summed E-state index contributed by atoms with van der Waals surface area (Å²) in [6, 6.07) is 28.0. The normalized spacial score (nSPS) is 11.6. The summed E-state index contributed by atoms with van der Waals surface area (Å²) in [6.45, 7) is 4.10. The van der Waals surface area contributed by atoms with Gasteiger partial charge in [0.2, 0.25) is 0 Å². The summed E-state index contributed by atoms with van der Waals surface area (Å²) in [5.74, 6) is 0.594. The number of anilines is 2. The van der Waals surface area contributed by atoms with Crippen molar-refractivity contribution in [2.45, 2.75) is 32.7 Å². The van der Waals surface area contributed by atoms with Crippen molar-refractivity contribution in [3.8, 4) is 11.3 Å². The largest absolute Gasteiger partial charge is 0.350 e. The Bertz CT molecular complexity index is 1210. The summed E-state index contributed by atoms with van der Waals surface area (Å²) in [5, 5.41) is 6.39. The minimum absolute atomic E-state index is 0.0771. The lowest BCUT2D eigenvalue weighted by Gasteiger charge is -2.15. The second-order valence-electron chi connectivity index (χ2n) is 8.26. The topological polar surface area (TPSA) is 66.9 Å². The molecule has 33 heavy (non-hydrogen) atoms. The molecule has 3 aromatic carbocycles. The van der Waals surface area contributed by atoms with Crippen LogP contribution in [0.25, 0.3) is 11.3 Å². The minimum Gasteiger partial charge on any atom is -0.350 e. The van der Waals surface area contributed by atoms with E-state index in [-0.39, 0.29) is 11.9 Å². The van der Waals surface area contributed by atoms with Gasteiger partial charge in [-0.05, 0) is 50.5 Å². The van der Waals surface area contributed by atoms with Crippen molar-refractivity contribution in [1.29, 1.82) is 0 Å². The molecule has 0 saturated heterocycles. The van der Waals surface area contributed by atoms with Crippen LogP contribution in [0.15, 0.2) is 91.3 Å². The number of aryl methyl sites for hydroxylation is 2. The molecular formula is C28H28N4O. The van der Waals surface area contributed by atoms with Crippen LogP contribution in [0.5, 0.6) is 0 Å². The van der Waals surface area contributed by atoms with Crippen LogP contribution in [0, 0.1) is 6.92 Å². The molecule has 1 amide bonds. The van der Waals surface area contributed by atoms with Crippen LogP contribution in [0.2, 0.25) is 0 Å². The summed E-state index contributed by atoms with van der Waals surface area (Å²) in [6.07, 6.45) is 3.36. The van der Waals surface area contributed by atoms with Gasteiger partial charge in [-0.2, -0.15) is 0 Å². The predicted molar refractivity (Wildman–Crippen MR) is 134 cm³/mol. The van der Waals surface area contributed by atoms with Gasteiger partial charge in [0.25, 0.3) is 5.91 Å². The Hall–Kier alpha value is -3.99. The fourth-order valence-corrected chi connectivity index (χ4v) is 3.60. The molecule has 0 spiro atoms. The summed E-state index contributed by atoms with van der Waals surface area (Å²) in [5.41, 5.74) is 5.76. The molecule has 1 heterocycles. The third-order valence-electron chi connectivity index (χ3n) is 5.50. The van der Waals surface area contributed by atoms with Crippen molar-refractivity contribution < 1.29 is 4.79 Å². The number of hydrogen-bond donors (Lipinski definition) is 2. The van der Waals surface area contributed by atoms with Gasteiger partial charge < -0.3 is 10.6 Å². The molecule has 4 rings (SSSR count). The fraction of sp³-hybridized carbons (Fsp3) is 0.179. The summed E-state index contributed by atoms with van der Waals surface area (Å²) >= 11 is 0. The van der Waals surface area contributed by atoms with E-state index < -0.39 is 0 Å². The van der Waals surface area contributed by atoms with Crippen LogP contribution in [0.3, 0.4) is 0 Å². The molecule has 0 fully saturated rings. The van der Waals surface area contributed by atoms with E-state index in [2.05, 4.69) is 51.8 Å². The van der Waals surface area contributed by atoms with E-state index in [0.717, 1.165) is 29.8 Å². The molecular weight excluding hydrogens is 408 g/mol. The number of nitrogens with one attached hydrogen (secondary N) is 2. The van der Waals surface area contributed by atoms with Crippen LogP contribution < -0.4 is 10.6 Å². The first-order valence-electron chi connectivity index (χ1n) is 11.2. The van der Waals surface area contributed by atoms with Crippen LogP contribution in [-0.4, -0.2) is 21.9 Å². The van der Waals surface area contributed by atoms with Crippen molar-refractivity contribution >= 4 is 17.4 Å². The molecule has 5 heteroatoms. The number of carbonyl (C=O) groups is 1. The fourth-order valence-electron chi connectivity index (χ4n) is 3.60. The first kappa shape index (κ1) is 22.2. The van der Waals surface area contributed by atoms with Gasteiger partial charge in [-0.25, -0.2) is 9.97 Å². The second-order valence-corrected chi connectivity index (χ2v) is 8.26. The molecule has 1 unspecified atom stereocenters. The lowest BCUT2D eigenvalue weighted by atomic mass is 10.1. The monoisotopic (exact) mass is 436 g/mol. The van der Waals surface area contributed by atoms with Crippen LogP contribution in [-0.2, 0) is 6.42 Å². The minimum atomic E-state index is -0.0813. The predicted octanol–water partition coefficient (Wildman–Crippen LogP) is 5.95. The zero-order valence-corrected chi connectivity index (χ0v) is 19.0. The Balaban J connectivity index is 1.39. The first-order valence-corrected chi connectivity index (χ1v) is 11.2. The zero-order valence-electron chi connectivity index (χ0n) is 19.0. The number of hydrogen-bond acceptors (Lipinski definition) is 4. The summed E-state index contributed by atoms with van der Waals surface area (Å²) in [4.78, 5) is 21.5. The maximum absolute atomic E-state index is 12.8. The van der Waals surface area contributed by atoms with E-state index in [9.17, 15) is 4.79 Å². The lowest BCUT2D eigenvalue weighted by Crippen LogP contribution is -2.32. The molecule has 0 aliphatic rings. The molecule has 0 saturated carbocycles. The van der Waals surface area contributed by atoms with Crippen molar-refractivity contribution in [2.24, 2.45) is 0 Å². The highest BCUT2D eigenvalue weighted by molar-refractivity contribution is 5.95. The van der Waals surface area contributed by atoms with E-state index in [4.69, 9.17) is 0 Å². The quantitative estimate of drug-likeness (QED) is 0.358. The third-order valence-corrected chi connectivity index (χ3v) is 5.50. The van der Waals surface area contributed by atoms with Gasteiger partial charge >= 0.3 is 0 Å². The molecule has 0 bridgehead atoms. The molecule has 1 aromatic heterocycles. The van der Waals surface area contributed by atoms with Crippen molar-refractivity contribution in [3.63, 3.8) is 0 Å². The van der Waals surface area contributed by atoms with Gasteiger partial charge in [-0.3, -0.25) is 4.79 Å². The van der Waals surface area contributed by atoms with Gasteiger partial charge in [-0.15, -0.1) is 0 Å². The van der Waals surface area contributed by atoms with Gasteiger partial charge in [0, 0.05) is 28.9 Å². The van der Waals surface area contributed by atoms with Crippen LogP contribution in [0.4, 0.5) is 11.5 Å². The average molecular weight is 437 g/mol. The molecule has 1 atom stereocenters. The Labute approximate surface area is 194 Å².